The number of hydrogen-bond acceptors (Lipinski definition) is 5. The van der Waals surface area contributed by atoms with Crippen molar-refractivity contribution >= 4 is 18.0 Å². The maximum Gasteiger partial charge on any atom is 0.407 e. The molecule has 0 spiro atoms. The molecule has 0 bridgehead atoms. The third-order valence-corrected chi connectivity index (χ3v) is 5.91. The lowest BCUT2D eigenvalue weighted by atomic mass is 9.98. The van der Waals surface area contributed by atoms with Crippen LogP contribution in [0.4, 0.5) is 4.79 Å². The predicted molar refractivity (Wildman–Crippen MR) is 119 cm³/mol. The molecule has 7 heteroatoms. The summed E-state index contributed by atoms with van der Waals surface area (Å²) in [6, 6.07) is 14.6. The summed E-state index contributed by atoms with van der Waals surface area (Å²) >= 11 is 0. The summed E-state index contributed by atoms with van der Waals surface area (Å²) in [6.45, 7) is 0.162. The quantitative estimate of drug-likeness (QED) is 0.569. The van der Waals surface area contributed by atoms with Gasteiger partial charge in [0.15, 0.2) is 0 Å². The zero-order valence-electron chi connectivity index (χ0n) is 17.9. The Hall–Kier alpha value is -3.61. The standard InChI is InChI=1S/C25H26N2O5/c1-31-24(29)22-14-4-2-3-13-21(23(28)26-22)27-25(30)32-15-20-18-11-7-5-9-16(18)17-10-6-8-12-19(17)20/h2-3,5-12,20-22H,4,13-15H2,1H3,(H,26,28)(H,27,30)/b3-2-/t21-,22-/m0/s1. The van der Waals surface area contributed by atoms with Crippen LogP contribution >= 0.6 is 0 Å². The van der Waals surface area contributed by atoms with Gasteiger partial charge in [-0.2, -0.15) is 0 Å². The highest BCUT2D eigenvalue weighted by atomic mass is 16.5. The average molecular weight is 434 g/mol. The van der Waals surface area contributed by atoms with Gasteiger partial charge in [0.1, 0.15) is 18.7 Å². The number of alkyl carbamates (subject to hydrolysis) is 1. The Kier molecular flexibility index (Phi) is 6.54. The van der Waals surface area contributed by atoms with Crippen LogP contribution in [0.3, 0.4) is 0 Å². The Morgan fingerprint density at radius 1 is 1.03 bits per heavy atom. The van der Waals surface area contributed by atoms with Crippen LogP contribution in [0.15, 0.2) is 60.7 Å². The van der Waals surface area contributed by atoms with Crippen molar-refractivity contribution in [1.29, 1.82) is 0 Å². The number of carbonyl (C=O) groups excluding carboxylic acids is 3. The van der Waals surface area contributed by atoms with Gasteiger partial charge in [0.25, 0.3) is 0 Å². The number of fused-ring (bicyclic) bond motifs is 3. The van der Waals surface area contributed by atoms with Crippen molar-refractivity contribution in [2.45, 2.75) is 37.3 Å². The van der Waals surface area contributed by atoms with Gasteiger partial charge in [-0.25, -0.2) is 9.59 Å². The Balaban J connectivity index is 1.41. The average Bonchev–Trinajstić information content (AvgIpc) is 3.17. The molecular formula is C25H26N2O5. The second-order valence-electron chi connectivity index (χ2n) is 7.89. The fourth-order valence-electron chi connectivity index (χ4n) is 4.29. The molecule has 2 aromatic rings. The molecule has 1 aliphatic heterocycles. The third kappa shape index (κ3) is 4.51. The molecule has 2 aliphatic rings. The molecular weight excluding hydrogens is 408 g/mol. The van der Waals surface area contributed by atoms with Gasteiger partial charge in [-0.15, -0.1) is 0 Å². The topological polar surface area (TPSA) is 93.7 Å². The van der Waals surface area contributed by atoms with Crippen LogP contribution in [-0.2, 0) is 19.1 Å². The fraction of sp³-hybridized carbons (Fsp3) is 0.320. The molecule has 1 aliphatic carbocycles. The fourth-order valence-corrected chi connectivity index (χ4v) is 4.29. The predicted octanol–water partition coefficient (Wildman–Crippen LogP) is 3.29. The van der Waals surface area contributed by atoms with Crippen LogP contribution in [0.1, 0.15) is 36.3 Å². The van der Waals surface area contributed by atoms with Gasteiger partial charge in [0.05, 0.1) is 7.11 Å². The van der Waals surface area contributed by atoms with E-state index < -0.39 is 30.1 Å². The number of hydrogen-bond donors (Lipinski definition) is 2. The van der Waals surface area contributed by atoms with E-state index in [1.54, 1.807) is 0 Å². The van der Waals surface area contributed by atoms with E-state index in [0.29, 0.717) is 19.3 Å². The number of nitrogens with one attached hydrogen (secondary N) is 2. The van der Waals surface area contributed by atoms with E-state index in [1.165, 1.54) is 7.11 Å². The number of rotatable bonds is 4. The van der Waals surface area contributed by atoms with Crippen molar-refractivity contribution in [3.63, 3.8) is 0 Å². The molecule has 2 N–H and O–H groups in total. The summed E-state index contributed by atoms with van der Waals surface area (Å²) in [7, 11) is 1.28. The number of methoxy groups -OCH3 is 1. The first-order chi connectivity index (χ1) is 15.6. The first kappa shape index (κ1) is 21.6. The number of allylic oxidation sites excluding steroid dienone is 1. The highest BCUT2D eigenvalue weighted by Crippen LogP contribution is 2.44. The van der Waals surface area contributed by atoms with Crippen LogP contribution in [0, 0.1) is 0 Å². The van der Waals surface area contributed by atoms with Crippen molar-refractivity contribution < 1.29 is 23.9 Å². The second-order valence-corrected chi connectivity index (χ2v) is 7.89. The molecule has 32 heavy (non-hydrogen) atoms. The van der Waals surface area contributed by atoms with Crippen molar-refractivity contribution in [3.8, 4) is 11.1 Å². The van der Waals surface area contributed by atoms with Crippen LogP contribution in [0.25, 0.3) is 11.1 Å². The molecule has 4 rings (SSSR count). The molecule has 0 unspecified atom stereocenters. The number of carbonyl (C=O) groups is 3. The largest absolute Gasteiger partial charge is 0.467 e. The van der Waals surface area contributed by atoms with E-state index in [9.17, 15) is 14.4 Å². The van der Waals surface area contributed by atoms with E-state index in [-0.39, 0.29) is 12.5 Å². The summed E-state index contributed by atoms with van der Waals surface area (Å²) in [6.07, 6.45) is 4.42. The Bertz CT molecular complexity index is 1000. The maximum absolute atomic E-state index is 12.7. The van der Waals surface area contributed by atoms with E-state index in [4.69, 9.17) is 9.47 Å². The number of ether oxygens (including phenoxy) is 2. The smallest absolute Gasteiger partial charge is 0.407 e. The first-order valence-electron chi connectivity index (χ1n) is 10.7. The Morgan fingerprint density at radius 3 is 2.34 bits per heavy atom. The summed E-state index contributed by atoms with van der Waals surface area (Å²) < 4.78 is 10.3. The molecule has 0 saturated heterocycles. The Labute approximate surface area is 186 Å². The maximum atomic E-state index is 12.7. The van der Waals surface area contributed by atoms with Gasteiger partial charge in [-0.05, 0) is 41.5 Å². The van der Waals surface area contributed by atoms with Gasteiger partial charge < -0.3 is 20.1 Å². The zero-order chi connectivity index (χ0) is 22.5. The van der Waals surface area contributed by atoms with Gasteiger partial charge >= 0.3 is 12.1 Å². The Morgan fingerprint density at radius 2 is 1.69 bits per heavy atom. The number of benzene rings is 2. The summed E-state index contributed by atoms with van der Waals surface area (Å²) in [4.78, 5) is 37.1. The van der Waals surface area contributed by atoms with E-state index in [2.05, 4.69) is 22.8 Å². The van der Waals surface area contributed by atoms with E-state index in [0.717, 1.165) is 22.3 Å². The van der Waals surface area contributed by atoms with Crippen molar-refractivity contribution in [3.05, 3.63) is 71.8 Å². The van der Waals surface area contributed by atoms with Crippen LogP contribution < -0.4 is 10.6 Å². The SMILES string of the molecule is COC(=O)[C@@H]1CC/C=C\C[C@H](NC(=O)OCC2c3ccccc3-c3ccccc32)C(=O)N1. The van der Waals surface area contributed by atoms with Crippen molar-refractivity contribution in [1.82, 2.24) is 10.6 Å². The minimum absolute atomic E-state index is 0.0638. The molecule has 0 saturated carbocycles. The minimum Gasteiger partial charge on any atom is -0.467 e. The first-order valence-corrected chi connectivity index (χ1v) is 10.7. The van der Waals surface area contributed by atoms with Gasteiger partial charge in [0, 0.05) is 5.92 Å². The van der Waals surface area contributed by atoms with Gasteiger partial charge in [0.2, 0.25) is 5.91 Å². The molecule has 0 fully saturated rings. The zero-order valence-corrected chi connectivity index (χ0v) is 17.9. The van der Waals surface area contributed by atoms with Crippen LogP contribution in [-0.4, -0.2) is 43.8 Å². The molecule has 0 radical (unpaired) electrons. The molecule has 2 amide bonds. The molecule has 166 valence electrons. The number of esters is 1. The summed E-state index contributed by atoms with van der Waals surface area (Å²) in [5.74, 6) is -1.01. The molecule has 1 heterocycles. The van der Waals surface area contributed by atoms with Crippen LogP contribution in [0.5, 0.6) is 0 Å². The lowest BCUT2D eigenvalue weighted by molar-refractivity contribution is -0.145. The van der Waals surface area contributed by atoms with Crippen LogP contribution in [0.2, 0.25) is 0 Å². The van der Waals surface area contributed by atoms with Gasteiger partial charge in [-0.1, -0.05) is 60.7 Å². The van der Waals surface area contributed by atoms with E-state index >= 15 is 0 Å². The summed E-state index contributed by atoms with van der Waals surface area (Å²) in [5, 5.41) is 5.30. The molecule has 2 atom stereocenters. The monoisotopic (exact) mass is 434 g/mol. The second kappa shape index (κ2) is 9.68. The van der Waals surface area contributed by atoms with Crippen molar-refractivity contribution in [2.75, 3.05) is 13.7 Å². The summed E-state index contributed by atoms with van der Waals surface area (Å²) in [5.41, 5.74) is 4.52. The highest BCUT2D eigenvalue weighted by Gasteiger charge is 2.30. The normalized spacial score (nSPS) is 21.1. The van der Waals surface area contributed by atoms with E-state index in [1.807, 2.05) is 48.6 Å². The lowest BCUT2D eigenvalue weighted by Gasteiger charge is -2.21. The minimum atomic E-state index is -0.841. The number of amides is 2. The highest BCUT2D eigenvalue weighted by molar-refractivity contribution is 5.90. The molecule has 2 aromatic carbocycles. The third-order valence-electron chi connectivity index (χ3n) is 5.91. The van der Waals surface area contributed by atoms with Crippen molar-refractivity contribution in [2.24, 2.45) is 0 Å². The molecule has 7 nitrogen and oxygen atoms in total. The van der Waals surface area contributed by atoms with Gasteiger partial charge in [-0.3, -0.25) is 4.79 Å². The lowest BCUT2D eigenvalue weighted by Crippen LogP contribution is -2.51. The molecule has 0 aromatic heterocycles.